The van der Waals surface area contributed by atoms with Gasteiger partial charge in [0.25, 0.3) is 5.91 Å². The number of amides is 1. The van der Waals surface area contributed by atoms with E-state index >= 15 is 0 Å². The molecule has 1 amide bonds. The number of fused-ring (bicyclic) bond motifs is 1. The summed E-state index contributed by atoms with van der Waals surface area (Å²) in [6, 6.07) is 19.4. The number of nitrogens with zero attached hydrogens (tertiary/aromatic N) is 1. The van der Waals surface area contributed by atoms with Crippen LogP contribution >= 0.6 is 11.6 Å². The normalized spacial score (nSPS) is 11.3. The Morgan fingerprint density at radius 2 is 1.78 bits per heavy atom. The molecule has 194 valence electrons. The summed E-state index contributed by atoms with van der Waals surface area (Å²) in [6.45, 7) is 7.03. The molecule has 4 aromatic rings. The molecule has 0 aliphatic carbocycles. The minimum absolute atomic E-state index is 0.280. The molecule has 1 heterocycles. The summed E-state index contributed by atoms with van der Waals surface area (Å²) in [7, 11) is 1.63. The van der Waals surface area contributed by atoms with Crippen LogP contribution in [0.25, 0.3) is 10.9 Å². The lowest BCUT2D eigenvalue weighted by Gasteiger charge is -2.13. The number of anilines is 3. The first-order chi connectivity index (χ1) is 17.8. The van der Waals surface area contributed by atoms with E-state index in [1.54, 1.807) is 7.11 Å². The van der Waals surface area contributed by atoms with Crippen molar-refractivity contribution in [2.24, 2.45) is 5.92 Å². The van der Waals surface area contributed by atoms with Gasteiger partial charge in [-0.3, -0.25) is 4.79 Å². The van der Waals surface area contributed by atoms with Gasteiger partial charge in [0.05, 0.1) is 17.3 Å². The number of carbonyl (C=O) groups excluding carboxylic acids is 1. The number of nitrogens with one attached hydrogen (secondary N) is 3. The second-order valence-corrected chi connectivity index (χ2v) is 9.78. The van der Waals surface area contributed by atoms with Crippen molar-refractivity contribution in [3.05, 3.63) is 88.8 Å². The maximum atomic E-state index is 13.3. The van der Waals surface area contributed by atoms with Gasteiger partial charge >= 0.3 is 0 Å². The first kappa shape index (κ1) is 26.7. The van der Waals surface area contributed by atoms with Crippen molar-refractivity contribution in [2.75, 3.05) is 30.9 Å². The van der Waals surface area contributed by atoms with Gasteiger partial charge in [-0.15, -0.1) is 0 Å². The molecule has 8 heteroatoms. The highest BCUT2D eigenvalue weighted by Gasteiger charge is 2.17. The molecular formula is C29H32ClFN4O2. The van der Waals surface area contributed by atoms with Gasteiger partial charge in [-0.1, -0.05) is 31.5 Å². The molecule has 1 aromatic heterocycles. The van der Waals surface area contributed by atoms with E-state index in [-0.39, 0.29) is 11.7 Å². The number of rotatable bonds is 11. The molecule has 3 aromatic carbocycles. The fraction of sp³-hybridized carbons (Fsp3) is 0.276. The van der Waals surface area contributed by atoms with Gasteiger partial charge in [0.2, 0.25) is 0 Å². The summed E-state index contributed by atoms with van der Waals surface area (Å²) in [6.07, 6.45) is 0. The minimum atomic E-state index is -0.357. The second kappa shape index (κ2) is 12.2. The smallest absolute Gasteiger partial charge is 0.272 e. The summed E-state index contributed by atoms with van der Waals surface area (Å²) in [5.74, 6) is -0.0572. The number of benzene rings is 3. The molecule has 0 fully saturated rings. The van der Waals surface area contributed by atoms with Crippen LogP contribution in [0.3, 0.4) is 0 Å². The minimum Gasteiger partial charge on any atom is -0.383 e. The Bertz CT molecular complexity index is 1370. The molecule has 0 aliphatic rings. The molecule has 0 atom stereocenters. The highest BCUT2D eigenvalue weighted by atomic mass is 35.5. The standard InChI is InChI=1S/C29H32ClFN4O2/c1-19(2)17-32-18-20-4-10-25(30)26(14-20)33-24-9-11-27-21(15-24)16-28(35(27)12-13-37-3)29(36)34-23-7-5-22(31)6-8-23/h4-11,14-16,19,32-33H,12-13,17-18H2,1-3H3,(H,34,36). The Morgan fingerprint density at radius 1 is 1.03 bits per heavy atom. The third kappa shape index (κ3) is 6.89. The van der Waals surface area contributed by atoms with Crippen LogP contribution in [-0.4, -0.2) is 30.7 Å². The van der Waals surface area contributed by atoms with E-state index in [4.69, 9.17) is 16.3 Å². The average Bonchev–Trinajstić information content (AvgIpc) is 3.23. The van der Waals surface area contributed by atoms with E-state index in [0.717, 1.165) is 40.9 Å². The molecule has 37 heavy (non-hydrogen) atoms. The lowest BCUT2D eigenvalue weighted by Crippen LogP contribution is -2.18. The number of halogens is 2. The highest BCUT2D eigenvalue weighted by Crippen LogP contribution is 2.30. The van der Waals surface area contributed by atoms with Crippen molar-refractivity contribution < 1.29 is 13.9 Å². The second-order valence-electron chi connectivity index (χ2n) is 9.37. The van der Waals surface area contributed by atoms with Crippen molar-refractivity contribution in [1.29, 1.82) is 0 Å². The summed E-state index contributed by atoms with van der Waals surface area (Å²) < 4.78 is 20.5. The Labute approximate surface area is 221 Å². The number of hydrogen-bond donors (Lipinski definition) is 3. The molecule has 0 radical (unpaired) electrons. The van der Waals surface area contributed by atoms with Crippen LogP contribution in [0.2, 0.25) is 5.02 Å². The Balaban J connectivity index is 1.59. The van der Waals surface area contributed by atoms with Crippen LogP contribution in [0, 0.1) is 11.7 Å². The van der Waals surface area contributed by atoms with Crippen LogP contribution in [-0.2, 0) is 17.8 Å². The van der Waals surface area contributed by atoms with E-state index in [9.17, 15) is 9.18 Å². The van der Waals surface area contributed by atoms with Gasteiger partial charge in [0.15, 0.2) is 0 Å². The quantitative estimate of drug-likeness (QED) is 0.202. The highest BCUT2D eigenvalue weighted by molar-refractivity contribution is 6.33. The van der Waals surface area contributed by atoms with E-state index in [2.05, 4.69) is 29.8 Å². The molecule has 3 N–H and O–H groups in total. The number of ether oxygens (including phenoxy) is 1. The zero-order valence-electron chi connectivity index (χ0n) is 21.3. The van der Waals surface area contributed by atoms with Gasteiger partial charge < -0.3 is 25.3 Å². The lowest BCUT2D eigenvalue weighted by atomic mass is 10.1. The molecule has 6 nitrogen and oxygen atoms in total. The molecule has 0 unspecified atom stereocenters. The fourth-order valence-corrected chi connectivity index (χ4v) is 4.29. The maximum absolute atomic E-state index is 13.3. The van der Waals surface area contributed by atoms with Crippen LogP contribution in [0.5, 0.6) is 0 Å². The first-order valence-corrected chi connectivity index (χ1v) is 12.7. The van der Waals surface area contributed by atoms with Gasteiger partial charge in [-0.2, -0.15) is 0 Å². The first-order valence-electron chi connectivity index (χ1n) is 12.3. The monoisotopic (exact) mass is 522 g/mol. The zero-order chi connectivity index (χ0) is 26.4. The van der Waals surface area contributed by atoms with E-state index in [1.165, 1.54) is 24.3 Å². The molecular weight excluding hydrogens is 491 g/mol. The topological polar surface area (TPSA) is 67.3 Å². The van der Waals surface area contributed by atoms with Crippen molar-refractivity contribution in [2.45, 2.75) is 26.9 Å². The van der Waals surface area contributed by atoms with Crippen molar-refractivity contribution in [3.8, 4) is 0 Å². The van der Waals surface area contributed by atoms with Gasteiger partial charge in [0.1, 0.15) is 11.5 Å². The van der Waals surface area contributed by atoms with Crippen LogP contribution in [0.15, 0.2) is 66.7 Å². The number of hydrogen-bond acceptors (Lipinski definition) is 4. The van der Waals surface area contributed by atoms with Gasteiger partial charge in [-0.25, -0.2) is 4.39 Å². The summed E-state index contributed by atoms with van der Waals surface area (Å²) in [5, 5.41) is 11.2. The Morgan fingerprint density at radius 3 is 2.51 bits per heavy atom. The average molecular weight is 523 g/mol. The van der Waals surface area contributed by atoms with E-state index in [0.29, 0.717) is 35.5 Å². The Hall–Kier alpha value is -3.39. The van der Waals surface area contributed by atoms with E-state index < -0.39 is 0 Å². The summed E-state index contributed by atoms with van der Waals surface area (Å²) in [5.41, 5.74) is 4.73. The predicted molar refractivity (Wildman–Crippen MR) is 149 cm³/mol. The van der Waals surface area contributed by atoms with Crippen LogP contribution < -0.4 is 16.0 Å². The molecule has 0 spiro atoms. The Kier molecular flexibility index (Phi) is 8.82. The van der Waals surface area contributed by atoms with Crippen molar-refractivity contribution in [1.82, 2.24) is 9.88 Å². The molecule has 0 saturated carbocycles. The van der Waals surface area contributed by atoms with Crippen LogP contribution in [0.4, 0.5) is 21.5 Å². The lowest BCUT2D eigenvalue weighted by molar-refractivity contribution is 0.101. The predicted octanol–water partition coefficient (Wildman–Crippen LogP) is 6.82. The molecule has 4 rings (SSSR count). The number of methoxy groups -OCH3 is 1. The maximum Gasteiger partial charge on any atom is 0.272 e. The largest absolute Gasteiger partial charge is 0.383 e. The van der Waals surface area contributed by atoms with Crippen molar-refractivity contribution in [3.63, 3.8) is 0 Å². The molecule has 0 aliphatic heterocycles. The van der Waals surface area contributed by atoms with Crippen molar-refractivity contribution >= 4 is 45.5 Å². The number of aromatic nitrogens is 1. The zero-order valence-corrected chi connectivity index (χ0v) is 22.0. The van der Waals surface area contributed by atoms with Gasteiger partial charge in [-0.05, 0) is 78.7 Å². The fourth-order valence-electron chi connectivity index (χ4n) is 4.13. The third-order valence-electron chi connectivity index (χ3n) is 5.95. The SMILES string of the molecule is COCCn1c(C(=O)Nc2ccc(F)cc2)cc2cc(Nc3cc(CNCC(C)C)ccc3Cl)ccc21. The summed E-state index contributed by atoms with van der Waals surface area (Å²) >= 11 is 6.49. The number of carbonyl (C=O) groups is 1. The summed E-state index contributed by atoms with van der Waals surface area (Å²) in [4.78, 5) is 13.1. The molecule has 0 bridgehead atoms. The molecule has 0 saturated heterocycles. The van der Waals surface area contributed by atoms with Crippen LogP contribution in [0.1, 0.15) is 29.9 Å². The van der Waals surface area contributed by atoms with E-state index in [1.807, 2.05) is 47.0 Å². The van der Waals surface area contributed by atoms with Gasteiger partial charge in [0, 0.05) is 42.5 Å². The third-order valence-corrected chi connectivity index (χ3v) is 6.28.